The first-order valence-corrected chi connectivity index (χ1v) is 9.31. The second-order valence-corrected chi connectivity index (χ2v) is 6.66. The van der Waals surface area contributed by atoms with Gasteiger partial charge in [0.15, 0.2) is 11.5 Å². The molecule has 12 heteroatoms. The molecule has 1 N–H and O–H groups in total. The van der Waals surface area contributed by atoms with Crippen LogP contribution in [0.1, 0.15) is 21.9 Å². The molecular formula is C21H13F5N4O3. The molecule has 33 heavy (non-hydrogen) atoms. The monoisotopic (exact) mass is 464 g/mol. The van der Waals surface area contributed by atoms with Crippen LogP contribution in [0.5, 0.6) is 5.75 Å². The standard InChI is InChI=1S/C21H13F5N4O3/c22-14-15(23)17(25)19(18(26)16(14)24)32-9-12-6-7-13(33-12)20(31)28-21-27-10-30(29-21)8-11-4-2-1-3-5-11/h1-7,10H,8-9H2,(H,28,29,31). The third kappa shape index (κ3) is 4.68. The molecule has 4 rings (SSSR count). The molecule has 170 valence electrons. The maximum Gasteiger partial charge on any atom is 0.293 e. The molecule has 4 aromatic rings. The fourth-order valence-electron chi connectivity index (χ4n) is 2.79. The molecule has 1 amide bonds. The maximum atomic E-state index is 13.7. The van der Waals surface area contributed by atoms with Gasteiger partial charge in [0.25, 0.3) is 5.91 Å². The molecule has 2 aromatic heterocycles. The summed E-state index contributed by atoms with van der Waals surface area (Å²) in [5.41, 5.74) is 0.977. The highest BCUT2D eigenvalue weighted by molar-refractivity contribution is 6.01. The summed E-state index contributed by atoms with van der Waals surface area (Å²) in [7, 11) is 0. The van der Waals surface area contributed by atoms with Crippen molar-refractivity contribution in [1.82, 2.24) is 14.8 Å². The summed E-state index contributed by atoms with van der Waals surface area (Å²) >= 11 is 0. The van der Waals surface area contributed by atoms with Gasteiger partial charge in [-0.1, -0.05) is 30.3 Å². The average molecular weight is 464 g/mol. The van der Waals surface area contributed by atoms with Crippen molar-refractivity contribution in [2.75, 3.05) is 5.32 Å². The molecule has 0 spiro atoms. The van der Waals surface area contributed by atoms with Crippen molar-refractivity contribution in [3.63, 3.8) is 0 Å². The number of hydrogen-bond acceptors (Lipinski definition) is 5. The third-order valence-corrected chi connectivity index (χ3v) is 4.36. The summed E-state index contributed by atoms with van der Waals surface area (Å²) in [5, 5.41) is 6.53. The lowest BCUT2D eigenvalue weighted by atomic mass is 10.2. The van der Waals surface area contributed by atoms with E-state index in [9.17, 15) is 26.7 Å². The van der Waals surface area contributed by atoms with Crippen molar-refractivity contribution in [1.29, 1.82) is 0 Å². The van der Waals surface area contributed by atoms with Gasteiger partial charge in [0.1, 0.15) is 18.7 Å². The van der Waals surface area contributed by atoms with Crippen LogP contribution in [-0.2, 0) is 13.2 Å². The Morgan fingerprint density at radius 1 is 0.939 bits per heavy atom. The van der Waals surface area contributed by atoms with Gasteiger partial charge in [-0.2, -0.15) is 8.78 Å². The SMILES string of the molecule is O=C(Nc1ncn(Cc2ccccc2)n1)c1ccc(COc2c(F)c(F)c(F)c(F)c2F)o1. The molecule has 0 saturated heterocycles. The first kappa shape index (κ1) is 22.0. The van der Waals surface area contributed by atoms with Crippen LogP contribution in [0.3, 0.4) is 0 Å². The fourth-order valence-corrected chi connectivity index (χ4v) is 2.79. The van der Waals surface area contributed by atoms with E-state index in [1.54, 1.807) is 0 Å². The average Bonchev–Trinajstić information content (AvgIpc) is 3.47. The number of nitrogens with one attached hydrogen (secondary N) is 1. The predicted octanol–water partition coefficient (Wildman–Crippen LogP) is 4.45. The van der Waals surface area contributed by atoms with Crippen molar-refractivity contribution in [3.8, 4) is 5.75 Å². The van der Waals surface area contributed by atoms with Crippen LogP contribution >= 0.6 is 0 Å². The molecule has 7 nitrogen and oxygen atoms in total. The Kier molecular flexibility index (Phi) is 6.07. The van der Waals surface area contributed by atoms with Crippen molar-refractivity contribution in [3.05, 3.63) is 95.0 Å². The molecule has 0 radical (unpaired) electrons. The zero-order chi connectivity index (χ0) is 23.5. The third-order valence-electron chi connectivity index (χ3n) is 4.36. The van der Waals surface area contributed by atoms with E-state index in [0.29, 0.717) is 6.54 Å². The molecular weight excluding hydrogens is 451 g/mol. The highest BCUT2D eigenvalue weighted by atomic mass is 19.2. The van der Waals surface area contributed by atoms with Crippen LogP contribution in [0.2, 0.25) is 0 Å². The van der Waals surface area contributed by atoms with Crippen LogP contribution in [0, 0.1) is 29.1 Å². The Morgan fingerprint density at radius 3 is 2.30 bits per heavy atom. The van der Waals surface area contributed by atoms with Crippen molar-refractivity contribution >= 4 is 11.9 Å². The Balaban J connectivity index is 1.39. The molecule has 0 fully saturated rings. The van der Waals surface area contributed by atoms with Crippen molar-refractivity contribution in [2.24, 2.45) is 0 Å². The fraction of sp³-hybridized carbons (Fsp3) is 0.0952. The van der Waals surface area contributed by atoms with Gasteiger partial charge in [-0.05, 0) is 17.7 Å². The van der Waals surface area contributed by atoms with E-state index in [-0.39, 0.29) is 17.5 Å². The van der Waals surface area contributed by atoms with Gasteiger partial charge in [0, 0.05) is 0 Å². The van der Waals surface area contributed by atoms with Gasteiger partial charge in [0.05, 0.1) is 6.54 Å². The van der Waals surface area contributed by atoms with Crippen LogP contribution in [0.15, 0.2) is 53.2 Å². The zero-order valence-corrected chi connectivity index (χ0v) is 16.5. The van der Waals surface area contributed by atoms with E-state index < -0.39 is 47.3 Å². The number of ether oxygens (including phenoxy) is 1. The van der Waals surface area contributed by atoms with Crippen LogP contribution in [-0.4, -0.2) is 20.7 Å². The number of halogens is 5. The smallest absolute Gasteiger partial charge is 0.293 e. The Hall–Kier alpha value is -4.22. The van der Waals surface area contributed by atoms with E-state index in [0.717, 1.165) is 5.56 Å². The summed E-state index contributed by atoms with van der Waals surface area (Å²) in [6.07, 6.45) is 1.42. The number of aromatic nitrogens is 3. The van der Waals surface area contributed by atoms with Gasteiger partial charge >= 0.3 is 0 Å². The first-order chi connectivity index (χ1) is 15.8. The second-order valence-electron chi connectivity index (χ2n) is 6.66. The largest absolute Gasteiger partial charge is 0.479 e. The summed E-state index contributed by atoms with van der Waals surface area (Å²) in [6, 6.07) is 11.9. The van der Waals surface area contributed by atoms with Crippen molar-refractivity contribution in [2.45, 2.75) is 13.2 Å². The minimum atomic E-state index is -2.30. The number of anilines is 1. The number of benzene rings is 2. The number of furan rings is 1. The molecule has 0 aliphatic heterocycles. The number of nitrogens with zero attached hydrogens (tertiary/aromatic N) is 3. The van der Waals surface area contributed by atoms with E-state index >= 15 is 0 Å². The molecule has 0 aliphatic carbocycles. The van der Waals surface area contributed by atoms with Gasteiger partial charge in [-0.15, -0.1) is 5.10 Å². The topological polar surface area (TPSA) is 82.2 Å². The molecule has 0 unspecified atom stereocenters. The van der Waals surface area contributed by atoms with E-state index in [4.69, 9.17) is 9.15 Å². The molecule has 0 atom stereocenters. The minimum absolute atomic E-state index is 0.00605. The van der Waals surface area contributed by atoms with Gasteiger partial charge in [0.2, 0.25) is 35.0 Å². The molecule has 0 aliphatic rings. The van der Waals surface area contributed by atoms with Crippen LogP contribution in [0.25, 0.3) is 0 Å². The second kappa shape index (κ2) is 9.10. The number of carbonyl (C=O) groups is 1. The lowest BCUT2D eigenvalue weighted by Gasteiger charge is -2.09. The van der Waals surface area contributed by atoms with E-state index in [1.165, 1.54) is 23.1 Å². The van der Waals surface area contributed by atoms with Crippen molar-refractivity contribution < 1.29 is 35.9 Å². The highest BCUT2D eigenvalue weighted by Gasteiger charge is 2.27. The normalized spacial score (nSPS) is 10.9. The zero-order valence-electron chi connectivity index (χ0n) is 16.5. The van der Waals surface area contributed by atoms with Crippen LogP contribution in [0.4, 0.5) is 27.9 Å². The Labute approximate surface area is 182 Å². The van der Waals surface area contributed by atoms with E-state index in [2.05, 4.69) is 15.4 Å². The predicted molar refractivity (Wildman–Crippen MR) is 103 cm³/mol. The van der Waals surface area contributed by atoms with Gasteiger partial charge in [-0.3, -0.25) is 10.1 Å². The Morgan fingerprint density at radius 2 is 1.61 bits per heavy atom. The lowest BCUT2D eigenvalue weighted by molar-refractivity contribution is 0.0991. The van der Waals surface area contributed by atoms with Gasteiger partial charge in [-0.25, -0.2) is 22.8 Å². The van der Waals surface area contributed by atoms with Gasteiger partial charge < -0.3 is 9.15 Å². The molecule has 0 saturated carbocycles. The molecule has 2 aromatic carbocycles. The molecule has 2 heterocycles. The lowest BCUT2D eigenvalue weighted by Crippen LogP contribution is -2.12. The summed E-state index contributed by atoms with van der Waals surface area (Å²) in [4.78, 5) is 16.3. The number of hydrogen-bond donors (Lipinski definition) is 1. The number of carbonyl (C=O) groups excluding carboxylic acids is 1. The number of amides is 1. The molecule has 0 bridgehead atoms. The quantitative estimate of drug-likeness (QED) is 0.248. The Bertz CT molecular complexity index is 1280. The summed E-state index contributed by atoms with van der Waals surface area (Å²) in [6.45, 7) is -0.265. The maximum absolute atomic E-state index is 13.7. The minimum Gasteiger partial charge on any atom is -0.479 e. The summed E-state index contributed by atoms with van der Waals surface area (Å²) in [5.74, 6) is -13.3. The highest BCUT2D eigenvalue weighted by Crippen LogP contribution is 2.29. The number of rotatable bonds is 7. The van der Waals surface area contributed by atoms with E-state index in [1.807, 2.05) is 30.3 Å². The first-order valence-electron chi connectivity index (χ1n) is 9.31. The van der Waals surface area contributed by atoms with Crippen LogP contribution < -0.4 is 10.1 Å². The summed E-state index contributed by atoms with van der Waals surface area (Å²) < 4.78 is 78.3.